The van der Waals surface area contributed by atoms with Crippen molar-refractivity contribution in [2.45, 2.75) is 44.9 Å². The van der Waals surface area contributed by atoms with Gasteiger partial charge in [0.25, 0.3) is 0 Å². The summed E-state index contributed by atoms with van der Waals surface area (Å²) in [6.07, 6.45) is 5.28. The molecule has 0 spiro atoms. The molecular weight excluding hydrogens is 483 g/mol. The fraction of sp³-hybridized carbons (Fsp3) is 0.286. The van der Waals surface area contributed by atoms with Crippen molar-refractivity contribution in [2.24, 2.45) is 5.92 Å². The van der Waals surface area contributed by atoms with E-state index in [0.717, 1.165) is 25.4 Å². The van der Waals surface area contributed by atoms with Gasteiger partial charge in [0.2, 0.25) is 0 Å². The fourth-order valence-corrected chi connectivity index (χ4v) is 10.9. The van der Waals surface area contributed by atoms with Crippen LogP contribution in [0.2, 0.25) is 0 Å². The topological polar surface area (TPSA) is 37.3 Å². The Kier molecular flexibility index (Phi) is 10.4. The van der Waals surface area contributed by atoms with Gasteiger partial charge in [0.05, 0.1) is 0 Å². The molecule has 0 aliphatic heterocycles. The molecule has 0 radical (unpaired) electrons. The van der Waals surface area contributed by atoms with E-state index in [0.29, 0.717) is 12.8 Å². The molecule has 0 heterocycles. The first-order valence-corrected chi connectivity index (χ1v) is 16.2. The predicted molar refractivity (Wildman–Crippen MR) is 165 cm³/mol. The van der Waals surface area contributed by atoms with Gasteiger partial charge in [0, 0.05) is 0 Å². The number of aliphatic hydroxyl groups excluding tert-OH is 1. The van der Waals surface area contributed by atoms with Crippen molar-refractivity contribution in [1.29, 1.82) is 0 Å². The van der Waals surface area contributed by atoms with Gasteiger partial charge in [-0.05, 0) is 0 Å². The molecule has 0 bridgehead atoms. The predicted octanol–water partition coefficient (Wildman–Crippen LogP) is 6.64. The van der Waals surface area contributed by atoms with Gasteiger partial charge in [-0.3, -0.25) is 0 Å². The van der Waals surface area contributed by atoms with Crippen LogP contribution in [0.3, 0.4) is 0 Å². The van der Waals surface area contributed by atoms with Gasteiger partial charge in [-0.1, -0.05) is 0 Å². The Morgan fingerprint density at radius 2 is 1.11 bits per heavy atom. The van der Waals surface area contributed by atoms with E-state index in [9.17, 15) is 9.90 Å². The number of rotatable bonds is 14. The van der Waals surface area contributed by atoms with Gasteiger partial charge in [-0.2, -0.15) is 0 Å². The van der Waals surface area contributed by atoms with Crippen LogP contribution in [0.25, 0.3) is 0 Å². The Balaban J connectivity index is 1.60. The Labute approximate surface area is 229 Å². The number of hydrogen-bond donors (Lipinski definition) is 1. The molecule has 0 aliphatic carbocycles. The van der Waals surface area contributed by atoms with Crippen molar-refractivity contribution < 1.29 is 9.90 Å². The summed E-state index contributed by atoms with van der Waals surface area (Å²) in [5.41, 5.74) is 1.25. The van der Waals surface area contributed by atoms with Gasteiger partial charge in [0.1, 0.15) is 0 Å². The van der Waals surface area contributed by atoms with Gasteiger partial charge in [0.15, 0.2) is 0 Å². The zero-order valence-corrected chi connectivity index (χ0v) is 23.5. The molecular formula is C35H41O2P. The summed E-state index contributed by atoms with van der Waals surface area (Å²) in [7, 11) is -2.24. The second-order valence-corrected chi connectivity index (χ2v) is 14.4. The summed E-state index contributed by atoms with van der Waals surface area (Å²) in [6, 6.07) is 43.8. The van der Waals surface area contributed by atoms with Crippen molar-refractivity contribution in [2.75, 3.05) is 12.8 Å². The number of benzene rings is 4. The van der Waals surface area contributed by atoms with Crippen LogP contribution in [0.15, 0.2) is 121 Å². The summed E-state index contributed by atoms with van der Waals surface area (Å²) >= 11 is 0. The first kappa shape index (κ1) is 28.0. The van der Waals surface area contributed by atoms with E-state index in [1.54, 1.807) is 0 Å². The van der Waals surface area contributed by atoms with Gasteiger partial charge >= 0.3 is 229 Å². The molecule has 198 valence electrons. The van der Waals surface area contributed by atoms with Crippen LogP contribution in [0.5, 0.6) is 0 Å². The molecule has 0 aliphatic rings. The second-order valence-electron chi connectivity index (χ2n) is 10.3. The fourth-order valence-electron chi connectivity index (χ4n) is 5.97. The molecule has 4 rings (SSSR count). The molecule has 2 nitrogen and oxygen atoms in total. The van der Waals surface area contributed by atoms with Crippen LogP contribution in [-0.2, 0) is 4.79 Å². The molecule has 4 aromatic rings. The third kappa shape index (κ3) is 6.68. The monoisotopic (exact) mass is 524 g/mol. The van der Waals surface area contributed by atoms with E-state index >= 15 is 0 Å². The van der Waals surface area contributed by atoms with E-state index in [1.807, 2.05) is 6.07 Å². The number of carbonyl (C=O) groups is 1. The third-order valence-electron chi connectivity index (χ3n) is 8.04. The number of unbranched alkanes of at least 4 members (excludes halogenated alkanes) is 1. The summed E-state index contributed by atoms with van der Waals surface area (Å²) in [4.78, 5) is 13.0. The van der Waals surface area contributed by atoms with Crippen LogP contribution >= 0.6 is 7.26 Å². The number of carbonyl (C=O) groups excluding carboxylic acids is 1. The van der Waals surface area contributed by atoms with Crippen molar-refractivity contribution in [1.82, 2.24) is 0 Å². The van der Waals surface area contributed by atoms with E-state index in [4.69, 9.17) is 0 Å². The molecule has 0 amide bonds. The van der Waals surface area contributed by atoms with Gasteiger partial charge < -0.3 is 0 Å². The number of ketones is 1. The summed E-state index contributed by atoms with van der Waals surface area (Å²) in [6.45, 7) is 2.15. The van der Waals surface area contributed by atoms with Crippen molar-refractivity contribution in [3.05, 3.63) is 127 Å². The number of aliphatic hydroxyl groups is 1. The van der Waals surface area contributed by atoms with E-state index < -0.39 is 7.26 Å². The molecule has 0 aromatic heterocycles. The van der Waals surface area contributed by atoms with Gasteiger partial charge in [-0.25, -0.2) is 0 Å². The van der Waals surface area contributed by atoms with Crippen LogP contribution in [0, 0.1) is 5.92 Å². The van der Waals surface area contributed by atoms with E-state index in [2.05, 4.69) is 122 Å². The molecule has 0 saturated heterocycles. The Hall–Kier alpha value is -3.06. The normalized spacial score (nSPS) is 13.5. The molecule has 3 heteroatoms. The zero-order chi connectivity index (χ0) is 26.6. The van der Waals surface area contributed by atoms with Crippen molar-refractivity contribution in [3.63, 3.8) is 0 Å². The number of hydrogen-bond acceptors (Lipinski definition) is 2. The maximum absolute atomic E-state index is 13.0. The van der Waals surface area contributed by atoms with Gasteiger partial charge in [-0.15, -0.1) is 0 Å². The van der Waals surface area contributed by atoms with Crippen molar-refractivity contribution in [3.8, 4) is 0 Å². The Bertz CT molecular complexity index is 1130. The van der Waals surface area contributed by atoms with Crippen LogP contribution < -0.4 is 15.9 Å². The summed E-state index contributed by atoms with van der Waals surface area (Å²) < 4.78 is 0. The molecule has 1 N–H and O–H groups in total. The first-order valence-electron chi connectivity index (χ1n) is 14.0. The molecule has 0 saturated carbocycles. The SMILES string of the molecule is CC(C(=O)CCCO)C(CCCC[PH](c1ccccc1)(c1ccccc1)c1ccccc1)c1ccccc1. The summed E-state index contributed by atoms with van der Waals surface area (Å²) in [5, 5.41) is 13.6. The number of Topliss-reactive ketones (excluding diaryl/α,β-unsaturated/α-hetero) is 1. The average Bonchev–Trinajstić information content (AvgIpc) is 2.99. The van der Waals surface area contributed by atoms with Crippen LogP contribution in [0.4, 0.5) is 0 Å². The Morgan fingerprint density at radius 1 is 0.658 bits per heavy atom. The van der Waals surface area contributed by atoms with Crippen LogP contribution in [0.1, 0.15) is 50.5 Å². The van der Waals surface area contributed by atoms with Crippen LogP contribution in [-0.4, -0.2) is 23.7 Å². The zero-order valence-electron chi connectivity index (χ0n) is 22.5. The molecule has 2 atom stereocenters. The van der Waals surface area contributed by atoms with Crippen molar-refractivity contribution >= 4 is 29.0 Å². The summed E-state index contributed by atoms with van der Waals surface area (Å²) in [5.74, 6) is 0.404. The first-order chi connectivity index (χ1) is 18.7. The molecule has 4 aromatic carbocycles. The second kappa shape index (κ2) is 14.2. The average molecular weight is 525 g/mol. The molecule has 2 unspecified atom stereocenters. The third-order valence-corrected chi connectivity index (χ3v) is 13.1. The minimum absolute atomic E-state index is 0.0525. The standard InChI is InChI=1S/C35H41O2P/c1-29(35(37)26-16-27-36)34(30-17-6-2-7-18-30)25-14-15-28-38(31-19-8-3-9-20-31,32-21-10-4-11-22-32)33-23-12-5-13-24-33/h2-13,17-24,29,34,36,38H,14-16,25-28H2,1H3. The van der Waals surface area contributed by atoms with E-state index in [-0.39, 0.29) is 24.2 Å². The minimum atomic E-state index is -2.24. The molecule has 0 fully saturated rings. The van der Waals surface area contributed by atoms with E-state index in [1.165, 1.54) is 21.5 Å². The quantitative estimate of drug-likeness (QED) is 0.148. The molecule has 38 heavy (non-hydrogen) atoms. The Morgan fingerprint density at radius 3 is 1.55 bits per heavy atom. The maximum atomic E-state index is 13.0.